The minimum atomic E-state index is -0.589. The third-order valence-corrected chi connectivity index (χ3v) is 4.08. The van der Waals surface area contributed by atoms with Crippen molar-refractivity contribution < 1.29 is 19.2 Å². The highest BCUT2D eigenvalue weighted by Crippen LogP contribution is 2.33. The lowest BCUT2D eigenvalue weighted by atomic mass is 10.1. The summed E-state index contributed by atoms with van der Waals surface area (Å²) in [6, 6.07) is 9.11. The fourth-order valence-electron chi connectivity index (χ4n) is 2.68. The van der Waals surface area contributed by atoms with Crippen LogP contribution in [0.3, 0.4) is 0 Å². The van der Waals surface area contributed by atoms with Gasteiger partial charge in [-0.15, -0.1) is 0 Å². The lowest BCUT2D eigenvalue weighted by Crippen LogP contribution is -2.34. The van der Waals surface area contributed by atoms with Gasteiger partial charge in [-0.05, 0) is 37.3 Å². The number of nitro groups is 1. The quantitative estimate of drug-likeness (QED) is 0.632. The molecule has 2 aromatic rings. The van der Waals surface area contributed by atoms with Gasteiger partial charge in [-0.2, -0.15) is 0 Å². The van der Waals surface area contributed by atoms with Gasteiger partial charge in [0, 0.05) is 31.4 Å². The van der Waals surface area contributed by atoms with E-state index < -0.39 is 16.9 Å². The summed E-state index contributed by atoms with van der Waals surface area (Å²) in [5.74, 6) is -0.272. The second kappa shape index (κ2) is 6.94. The molecule has 3 rings (SSSR count). The van der Waals surface area contributed by atoms with Gasteiger partial charge in [0.2, 0.25) is 0 Å². The third kappa shape index (κ3) is 3.66. The Balaban J connectivity index is 1.84. The number of hydrogen-bond donors (Lipinski definition) is 2. The molecular formula is C18H18N4O5. The maximum absolute atomic E-state index is 12.5. The molecule has 1 aliphatic heterocycles. The van der Waals surface area contributed by atoms with Crippen LogP contribution >= 0.6 is 0 Å². The molecule has 0 saturated carbocycles. The lowest BCUT2D eigenvalue weighted by Gasteiger charge is -2.23. The first-order valence-corrected chi connectivity index (χ1v) is 8.15. The van der Waals surface area contributed by atoms with Crippen LogP contribution < -0.4 is 20.3 Å². The molecule has 140 valence electrons. The van der Waals surface area contributed by atoms with Crippen LogP contribution in [-0.2, 0) is 4.79 Å². The average Bonchev–Trinajstić information content (AvgIpc) is 2.62. The Morgan fingerprint density at radius 3 is 2.67 bits per heavy atom. The second-order valence-electron chi connectivity index (χ2n) is 6.27. The Labute approximate surface area is 155 Å². The monoisotopic (exact) mass is 370 g/mol. The maximum atomic E-state index is 12.5. The smallest absolute Gasteiger partial charge is 0.293 e. The Hall–Kier alpha value is -3.62. The molecule has 0 aromatic heterocycles. The van der Waals surface area contributed by atoms with Crippen LogP contribution in [0.5, 0.6) is 5.75 Å². The van der Waals surface area contributed by atoms with E-state index in [9.17, 15) is 19.7 Å². The number of carbonyl (C=O) groups excluding carboxylic acids is 2. The highest BCUT2D eigenvalue weighted by atomic mass is 16.6. The highest BCUT2D eigenvalue weighted by molar-refractivity contribution is 6.06. The number of nitrogens with zero attached hydrogens (tertiary/aromatic N) is 2. The fourth-order valence-corrected chi connectivity index (χ4v) is 2.68. The molecule has 0 aliphatic carbocycles. The molecule has 0 radical (unpaired) electrons. The Kier molecular flexibility index (Phi) is 4.68. The van der Waals surface area contributed by atoms with E-state index in [0.717, 1.165) is 0 Å². The van der Waals surface area contributed by atoms with E-state index in [2.05, 4.69) is 10.6 Å². The summed E-state index contributed by atoms with van der Waals surface area (Å²) < 4.78 is 5.46. The number of fused-ring (bicyclic) bond motifs is 1. The molecule has 0 fully saturated rings. The van der Waals surface area contributed by atoms with Crippen LogP contribution in [0.15, 0.2) is 36.4 Å². The summed E-state index contributed by atoms with van der Waals surface area (Å²) in [4.78, 5) is 36.5. The topological polar surface area (TPSA) is 114 Å². The standard InChI is InChI=1S/C18H18N4O5/c1-10-17(23)20-13-9-12(5-7-16(13)27-10)19-18(24)11-4-6-14(21(2)3)15(8-11)22(25)26/h4-10H,1-3H3,(H,19,24)(H,20,23). The number of nitrogens with one attached hydrogen (secondary N) is 2. The number of ether oxygens (including phenoxy) is 1. The summed E-state index contributed by atoms with van der Waals surface area (Å²) in [5, 5.41) is 16.6. The van der Waals surface area contributed by atoms with E-state index in [1.165, 1.54) is 18.2 Å². The van der Waals surface area contributed by atoms with Gasteiger partial charge in [0.1, 0.15) is 11.4 Å². The first-order valence-electron chi connectivity index (χ1n) is 8.15. The Morgan fingerprint density at radius 2 is 2.00 bits per heavy atom. The predicted molar refractivity (Wildman–Crippen MR) is 101 cm³/mol. The largest absolute Gasteiger partial charge is 0.479 e. The molecule has 2 amide bonds. The molecule has 0 bridgehead atoms. The molecule has 1 heterocycles. The normalized spacial score (nSPS) is 15.2. The molecule has 9 nitrogen and oxygen atoms in total. The van der Waals surface area contributed by atoms with E-state index in [4.69, 9.17) is 4.74 Å². The summed E-state index contributed by atoms with van der Waals surface area (Å²) in [7, 11) is 3.37. The zero-order valence-electron chi connectivity index (χ0n) is 15.0. The molecule has 0 saturated heterocycles. The van der Waals surface area contributed by atoms with Crippen molar-refractivity contribution in [3.8, 4) is 5.75 Å². The predicted octanol–water partition coefficient (Wildman–Crippen LogP) is 2.63. The van der Waals surface area contributed by atoms with Crippen LogP contribution in [-0.4, -0.2) is 36.9 Å². The molecule has 1 aliphatic rings. The average molecular weight is 370 g/mol. The number of carbonyl (C=O) groups is 2. The maximum Gasteiger partial charge on any atom is 0.293 e. The van der Waals surface area contributed by atoms with E-state index in [-0.39, 0.29) is 17.2 Å². The summed E-state index contributed by atoms with van der Waals surface area (Å²) in [6.07, 6.45) is -0.589. The number of amides is 2. The van der Waals surface area contributed by atoms with Crippen LogP contribution in [0.1, 0.15) is 17.3 Å². The molecule has 27 heavy (non-hydrogen) atoms. The molecule has 1 unspecified atom stereocenters. The van der Waals surface area contributed by atoms with Crippen molar-refractivity contribution >= 4 is 34.6 Å². The van der Waals surface area contributed by atoms with Crippen molar-refractivity contribution in [2.75, 3.05) is 29.6 Å². The second-order valence-corrected chi connectivity index (χ2v) is 6.27. The summed E-state index contributed by atoms with van der Waals surface area (Å²) in [6.45, 7) is 1.64. The first kappa shape index (κ1) is 18.2. The van der Waals surface area contributed by atoms with E-state index in [0.29, 0.717) is 22.8 Å². The van der Waals surface area contributed by atoms with Crippen LogP contribution in [0.25, 0.3) is 0 Å². The van der Waals surface area contributed by atoms with Gasteiger partial charge in [0.25, 0.3) is 17.5 Å². The Morgan fingerprint density at radius 1 is 1.26 bits per heavy atom. The molecule has 2 N–H and O–H groups in total. The Bertz CT molecular complexity index is 941. The van der Waals surface area contributed by atoms with Gasteiger partial charge >= 0.3 is 0 Å². The van der Waals surface area contributed by atoms with Crippen molar-refractivity contribution in [2.45, 2.75) is 13.0 Å². The number of rotatable bonds is 4. The number of nitro benzene ring substituents is 1. The van der Waals surface area contributed by atoms with Gasteiger partial charge in [0.05, 0.1) is 10.6 Å². The van der Waals surface area contributed by atoms with Crippen molar-refractivity contribution in [3.63, 3.8) is 0 Å². The number of hydrogen-bond acceptors (Lipinski definition) is 6. The number of benzene rings is 2. The summed E-state index contributed by atoms with van der Waals surface area (Å²) in [5.41, 5.74) is 1.27. The lowest BCUT2D eigenvalue weighted by molar-refractivity contribution is -0.384. The van der Waals surface area contributed by atoms with Crippen molar-refractivity contribution in [3.05, 3.63) is 52.1 Å². The van der Waals surface area contributed by atoms with E-state index in [1.54, 1.807) is 44.1 Å². The highest BCUT2D eigenvalue weighted by Gasteiger charge is 2.24. The van der Waals surface area contributed by atoms with Gasteiger partial charge in [0.15, 0.2) is 6.10 Å². The van der Waals surface area contributed by atoms with Crippen LogP contribution in [0.4, 0.5) is 22.7 Å². The zero-order valence-corrected chi connectivity index (χ0v) is 15.0. The minimum absolute atomic E-state index is 0.152. The van der Waals surface area contributed by atoms with E-state index in [1.807, 2.05) is 0 Å². The van der Waals surface area contributed by atoms with Gasteiger partial charge in [-0.3, -0.25) is 19.7 Å². The van der Waals surface area contributed by atoms with Crippen LogP contribution in [0.2, 0.25) is 0 Å². The minimum Gasteiger partial charge on any atom is -0.479 e. The molecular weight excluding hydrogens is 352 g/mol. The third-order valence-electron chi connectivity index (χ3n) is 4.08. The SMILES string of the molecule is CC1Oc2ccc(NC(=O)c3ccc(N(C)C)c([N+](=O)[O-])c3)cc2NC1=O. The van der Waals surface area contributed by atoms with Crippen molar-refractivity contribution in [1.29, 1.82) is 0 Å². The van der Waals surface area contributed by atoms with Gasteiger partial charge in [-0.25, -0.2) is 0 Å². The first-order chi connectivity index (χ1) is 12.8. The summed E-state index contributed by atoms with van der Waals surface area (Å²) >= 11 is 0. The zero-order chi connectivity index (χ0) is 19.7. The fraction of sp³-hybridized carbons (Fsp3) is 0.222. The van der Waals surface area contributed by atoms with Gasteiger partial charge in [-0.1, -0.05) is 0 Å². The molecule has 2 aromatic carbocycles. The molecule has 0 spiro atoms. The van der Waals surface area contributed by atoms with Crippen molar-refractivity contribution in [1.82, 2.24) is 0 Å². The van der Waals surface area contributed by atoms with Gasteiger partial charge < -0.3 is 20.3 Å². The van der Waals surface area contributed by atoms with Crippen LogP contribution in [0, 0.1) is 10.1 Å². The molecule has 1 atom stereocenters. The van der Waals surface area contributed by atoms with E-state index >= 15 is 0 Å². The van der Waals surface area contributed by atoms with Crippen molar-refractivity contribution in [2.24, 2.45) is 0 Å². The number of anilines is 3. The molecule has 9 heteroatoms.